The van der Waals surface area contributed by atoms with Gasteiger partial charge in [0.15, 0.2) is 5.92 Å². The molecule has 0 bridgehead atoms. The Morgan fingerprint density at radius 2 is 1.80 bits per heavy atom. The van der Waals surface area contributed by atoms with Crippen molar-refractivity contribution in [2.45, 2.75) is 43.1 Å². The van der Waals surface area contributed by atoms with Crippen LogP contribution >= 0.6 is 11.8 Å². The molecule has 3 rings (SSSR count). The predicted octanol–water partition coefficient (Wildman–Crippen LogP) is 5.22. The third-order valence-corrected chi connectivity index (χ3v) is 6.15. The van der Waals surface area contributed by atoms with Gasteiger partial charge in [-0.2, -0.15) is 0 Å². The highest BCUT2D eigenvalue weighted by Gasteiger charge is 2.26. The van der Waals surface area contributed by atoms with Crippen LogP contribution in [-0.2, 0) is 9.59 Å². The summed E-state index contributed by atoms with van der Waals surface area (Å²) in [5.41, 5.74) is 0.885. The first-order chi connectivity index (χ1) is 14.3. The second-order valence-electron chi connectivity index (χ2n) is 7.18. The molecule has 0 heterocycles. The van der Waals surface area contributed by atoms with Crippen molar-refractivity contribution in [2.24, 2.45) is 5.92 Å². The first kappa shape index (κ1) is 22.1. The zero-order valence-electron chi connectivity index (χ0n) is 16.1. The number of ether oxygens (including phenoxy) is 1. The molecule has 0 spiro atoms. The van der Waals surface area contributed by atoms with E-state index in [0.717, 1.165) is 43.5 Å². The molecule has 0 unspecified atom stereocenters. The van der Waals surface area contributed by atoms with E-state index in [0.29, 0.717) is 16.9 Å². The Bertz CT molecular complexity index is 914. The maximum absolute atomic E-state index is 14.5. The topological polar surface area (TPSA) is 83.8 Å². The first-order valence-electron chi connectivity index (χ1n) is 9.69. The Kier molecular flexibility index (Phi) is 7.31. The zero-order valence-corrected chi connectivity index (χ0v) is 17.0. The Hall–Kier alpha value is -2.61. The van der Waals surface area contributed by atoms with Crippen molar-refractivity contribution in [3.8, 4) is 16.9 Å². The summed E-state index contributed by atoms with van der Waals surface area (Å²) in [6.45, 7) is 0. The van der Waals surface area contributed by atoms with Crippen LogP contribution in [0.5, 0.6) is 5.75 Å². The number of carbonyl (C=O) groups is 2. The zero-order chi connectivity index (χ0) is 21.7. The number of thioether (sulfide) groups is 1. The molecule has 0 radical (unpaired) electrons. The quantitative estimate of drug-likeness (QED) is 0.414. The second kappa shape index (κ2) is 9.93. The minimum Gasteiger partial charge on any atom is -0.490 e. The van der Waals surface area contributed by atoms with Crippen molar-refractivity contribution >= 4 is 23.7 Å². The van der Waals surface area contributed by atoms with Gasteiger partial charge in [0.1, 0.15) is 17.4 Å². The van der Waals surface area contributed by atoms with Gasteiger partial charge in [0.2, 0.25) is 0 Å². The second-order valence-corrected chi connectivity index (χ2v) is 8.29. The Morgan fingerprint density at radius 1 is 1.10 bits per heavy atom. The van der Waals surface area contributed by atoms with Gasteiger partial charge >= 0.3 is 11.9 Å². The standard InChI is InChI=1S/C22H22F2O5S/c23-14-11-18(13-4-3-7-16(10-13)29-15-5-1-2-6-15)20(19(24)12-14)30-9-8-17(21(25)26)22(27)28/h3-4,7,10-12,15,17H,1-2,5-6,8-9H2,(H,25,26)(H,27,28). The number of benzene rings is 2. The molecule has 0 aliphatic heterocycles. The molecule has 8 heteroatoms. The van der Waals surface area contributed by atoms with Crippen LogP contribution in [0.25, 0.3) is 11.1 Å². The Morgan fingerprint density at radius 3 is 2.47 bits per heavy atom. The van der Waals surface area contributed by atoms with Gasteiger partial charge in [-0.15, -0.1) is 11.8 Å². The smallest absolute Gasteiger partial charge is 0.317 e. The highest BCUT2D eigenvalue weighted by molar-refractivity contribution is 7.99. The van der Waals surface area contributed by atoms with E-state index in [-0.39, 0.29) is 23.2 Å². The van der Waals surface area contributed by atoms with Crippen LogP contribution in [0.4, 0.5) is 8.78 Å². The van der Waals surface area contributed by atoms with Gasteiger partial charge in [-0.05, 0) is 61.6 Å². The molecule has 2 aromatic carbocycles. The summed E-state index contributed by atoms with van der Waals surface area (Å²) < 4.78 is 34.5. The van der Waals surface area contributed by atoms with Crippen molar-refractivity contribution in [1.29, 1.82) is 0 Å². The minimum absolute atomic E-state index is 0.0527. The molecule has 0 saturated heterocycles. The van der Waals surface area contributed by atoms with E-state index in [9.17, 15) is 18.4 Å². The fourth-order valence-corrected chi connectivity index (χ4v) is 4.58. The maximum Gasteiger partial charge on any atom is 0.317 e. The number of carboxylic acid groups (broad SMARTS) is 2. The van der Waals surface area contributed by atoms with Gasteiger partial charge in [0, 0.05) is 11.6 Å². The van der Waals surface area contributed by atoms with Crippen LogP contribution in [-0.4, -0.2) is 34.0 Å². The number of hydrogen-bond donors (Lipinski definition) is 2. The monoisotopic (exact) mass is 436 g/mol. The fourth-order valence-electron chi connectivity index (χ4n) is 3.49. The predicted molar refractivity (Wildman–Crippen MR) is 109 cm³/mol. The van der Waals surface area contributed by atoms with E-state index in [1.54, 1.807) is 24.3 Å². The van der Waals surface area contributed by atoms with E-state index < -0.39 is 29.5 Å². The van der Waals surface area contributed by atoms with Gasteiger partial charge in [-0.3, -0.25) is 9.59 Å². The van der Waals surface area contributed by atoms with Crippen molar-refractivity contribution in [3.05, 3.63) is 48.0 Å². The highest BCUT2D eigenvalue weighted by atomic mass is 32.2. The number of halogens is 2. The molecule has 1 aliphatic rings. The van der Waals surface area contributed by atoms with Gasteiger partial charge < -0.3 is 14.9 Å². The SMILES string of the molecule is O=C(O)C(CCSc1c(F)cc(F)cc1-c1cccc(OC2CCCC2)c1)C(=O)O. The minimum atomic E-state index is -1.58. The molecule has 30 heavy (non-hydrogen) atoms. The fraction of sp³-hybridized carbons (Fsp3) is 0.364. The molecule has 1 aliphatic carbocycles. The van der Waals surface area contributed by atoms with E-state index in [4.69, 9.17) is 14.9 Å². The summed E-state index contributed by atoms with van der Waals surface area (Å²) in [5, 5.41) is 18.0. The lowest BCUT2D eigenvalue weighted by atomic mass is 10.0. The third kappa shape index (κ3) is 5.50. The average molecular weight is 436 g/mol. The molecule has 0 aromatic heterocycles. The van der Waals surface area contributed by atoms with Crippen molar-refractivity contribution in [2.75, 3.05) is 5.75 Å². The molecular weight excluding hydrogens is 414 g/mol. The lowest BCUT2D eigenvalue weighted by Crippen LogP contribution is -2.23. The maximum atomic E-state index is 14.5. The Labute approximate surface area is 177 Å². The molecule has 2 aromatic rings. The van der Waals surface area contributed by atoms with Gasteiger partial charge in [0.05, 0.1) is 11.0 Å². The number of carboxylic acids is 2. The summed E-state index contributed by atoms with van der Waals surface area (Å²) in [6.07, 6.45) is 4.16. The van der Waals surface area contributed by atoms with Crippen molar-refractivity contribution in [3.63, 3.8) is 0 Å². The molecule has 160 valence electrons. The van der Waals surface area contributed by atoms with Crippen LogP contribution in [0.3, 0.4) is 0 Å². The van der Waals surface area contributed by atoms with E-state index >= 15 is 0 Å². The molecule has 1 saturated carbocycles. The largest absolute Gasteiger partial charge is 0.490 e. The van der Waals surface area contributed by atoms with Gasteiger partial charge in [0.25, 0.3) is 0 Å². The molecule has 0 amide bonds. The molecular formula is C22H22F2O5S. The highest BCUT2D eigenvalue weighted by Crippen LogP contribution is 2.37. The third-order valence-electron chi connectivity index (χ3n) is 5.01. The summed E-state index contributed by atoms with van der Waals surface area (Å²) in [6, 6.07) is 8.98. The van der Waals surface area contributed by atoms with Crippen LogP contribution in [0.15, 0.2) is 41.3 Å². The normalized spacial score (nSPS) is 14.2. The summed E-state index contributed by atoms with van der Waals surface area (Å²) >= 11 is 0.970. The van der Waals surface area contributed by atoms with Crippen LogP contribution in [0.2, 0.25) is 0 Å². The first-order valence-corrected chi connectivity index (χ1v) is 10.7. The summed E-state index contributed by atoms with van der Waals surface area (Å²) in [7, 11) is 0. The van der Waals surface area contributed by atoms with Crippen LogP contribution in [0.1, 0.15) is 32.1 Å². The molecule has 0 atom stereocenters. The molecule has 1 fully saturated rings. The van der Waals surface area contributed by atoms with E-state index in [2.05, 4.69) is 0 Å². The van der Waals surface area contributed by atoms with Gasteiger partial charge in [-0.1, -0.05) is 12.1 Å². The van der Waals surface area contributed by atoms with Crippen LogP contribution < -0.4 is 4.74 Å². The molecule has 5 nitrogen and oxygen atoms in total. The Balaban J connectivity index is 1.82. The number of rotatable bonds is 9. The summed E-state index contributed by atoms with van der Waals surface area (Å²) in [5.74, 6) is -5.30. The van der Waals surface area contributed by atoms with E-state index in [1.807, 2.05) is 0 Å². The number of aliphatic carboxylic acids is 2. The lowest BCUT2D eigenvalue weighted by molar-refractivity contribution is -0.154. The van der Waals surface area contributed by atoms with Crippen molar-refractivity contribution < 1.29 is 33.3 Å². The van der Waals surface area contributed by atoms with Gasteiger partial charge in [-0.25, -0.2) is 8.78 Å². The number of hydrogen-bond acceptors (Lipinski definition) is 4. The lowest BCUT2D eigenvalue weighted by Gasteiger charge is -2.16. The average Bonchev–Trinajstić information content (AvgIpc) is 3.18. The summed E-state index contributed by atoms with van der Waals surface area (Å²) in [4.78, 5) is 22.2. The van der Waals surface area contributed by atoms with Crippen LogP contribution in [0, 0.1) is 17.6 Å². The van der Waals surface area contributed by atoms with Crippen molar-refractivity contribution in [1.82, 2.24) is 0 Å². The molecule has 2 N–H and O–H groups in total. The van der Waals surface area contributed by atoms with E-state index in [1.165, 1.54) is 6.07 Å².